The average molecular weight is 291 g/mol. The van der Waals surface area contributed by atoms with Crippen LogP contribution in [0.1, 0.15) is 5.56 Å². The predicted octanol–water partition coefficient (Wildman–Crippen LogP) is 3.10. The van der Waals surface area contributed by atoms with Crippen molar-refractivity contribution in [3.05, 3.63) is 41.0 Å². The number of aryl methyl sites for hydroxylation is 1. The number of phenolic OH excluding ortho intramolecular Hbond substituents is 3. The molecule has 0 bridgehead atoms. The second kappa shape index (κ2) is 4.31. The summed E-state index contributed by atoms with van der Waals surface area (Å²) in [6.07, 6.45) is 0. The third kappa shape index (κ3) is 1.83. The van der Waals surface area contributed by atoms with Crippen LogP contribution in [0.5, 0.6) is 17.2 Å². The van der Waals surface area contributed by atoms with Gasteiger partial charge in [0.2, 0.25) is 0 Å². The van der Waals surface area contributed by atoms with Gasteiger partial charge in [0.1, 0.15) is 27.9 Å². The second-order valence-corrected chi connectivity index (χ2v) is 4.89. The van der Waals surface area contributed by atoms with Gasteiger partial charge in [-0.2, -0.15) is 5.10 Å². The van der Waals surface area contributed by atoms with E-state index in [9.17, 15) is 15.3 Å². The van der Waals surface area contributed by atoms with Crippen LogP contribution in [0.4, 0.5) is 0 Å². The van der Waals surface area contributed by atoms with Crippen molar-refractivity contribution in [2.45, 2.75) is 6.92 Å². The highest BCUT2D eigenvalue weighted by Gasteiger charge is 2.16. The summed E-state index contributed by atoms with van der Waals surface area (Å²) in [6, 6.07) is 7.45. The van der Waals surface area contributed by atoms with Gasteiger partial charge in [0.25, 0.3) is 0 Å². The Hall–Kier alpha value is -2.40. The van der Waals surface area contributed by atoms with Crippen molar-refractivity contribution in [3.63, 3.8) is 0 Å². The van der Waals surface area contributed by atoms with Crippen molar-refractivity contribution in [1.82, 2.24) is 9.78 Å². The maximum Gasteiger partial charge on any atom is 0.147 e. The summed E-state index contributed by atoms with van der Waals surface area (Å²) in [5.41, 5.74) is 1.77. The molecule has 6 heteroatoms. The zero-order valence-corrected chi connectivity index (χ0v) is 11.3. The number of nitrogens with zero attached hydrogens (tertiary/aromatic N) is 2. The van der Waals surface area contributed by atoms with Crippen LogP contribution >= 0.6 is 11.6 Å². The third-order valence-corrected chi connectivity index (χ3v) is 3.46. The molecule has 0 amide bonds. The van der Waals surface area contributed by atoms with Gasteiger partial charge in [-0.1, -0.05) is 11.6 Å². The number of rotatable bonds is 1. The summed E-state index contributed by atoms with van der Waals surface area (Å²) >= 11 is 6.26. The molecule has 3 aromatic rings. The van der Waals surface area contributed by atoms with Gasteiger partial charge in [0, 0.05) is 11.5 Å². The minimum absolute atomic E-state index is 0.0844. The lowest BCUT2D eigenvalue weighted by atomic mass is 10.2. The maximum absolute atomic E-state index is 9.82. The standard InChI is InChI=1S/C14H11ClN2O3/c1-7-4-8(18)2-3-11(7)17-14(15)10-5-9(19)6-12(20)13(10)16-17/h2-6,18-20H,1H3. The zero-order chi connectivity index (χ0) is 14.4. The summed E-state index contributed by atoms with van der Waals surface area (Å²) in [7, 11) is 0. The van der Waals surface area contributed by atoms with Crippen LogP contribution in [0, 0.1) is 6.92 Å². The molecule has 102 valence electrons. The molecule has 0 fully saturated rings. The molecule has 0 aliphatic rings. The van der Waals surface area contributed by atoms with E-state index in [1.54, 1.807) is 12.1 Å². The Bertz CT molecular complexity index is 827. The minimum Gasteiger partial charge on any atom is -0.508 e. The highest BCUT2D eigenvalue weighted by atomic mass is 35.5. The molecule has 0 saturated carbocycles. The fourth-order valence-corrected chi connectivity index (χ4v) is 2.43. The Morgan fingerprint density at radius 2 is 1.80 bits per heavy atom. The first-order chi connectivity index (χ1) is 9.47. The largest absolute Gasteiger partial charge is 0.508 e. The van der Waals surface area contributed by atoms with Gasteiger partial charge < -0.3 is 15.3 Å². The van der Waals surface area contributed by atoms with Crippen LogP contribution in [-0.4, -0.2) is 25.1 Å². The lowest BCUT2D eigenvalue weighted by molar-refractivity contribution is 0.454. The summed E-state index contributed by atoms with van der Waals surface area (Å²) < 4.78 is 1.46. The van der Waals surface area contributed by atoms with Gasteiger partial charge in [-0.15, -0.1) is 0 Å². The molecular weight excluding hydrogens is 280 g/mol. The van der Waals surface area contributed by atoms with E-state index in [0.717, 1.165) is 5.56 Å². The molecule has 5 nitrogen and oxygen atoms in total. The van der Waals surface area contributed by atoms with E-state index in [2.05, 4.69) is 5.10 Å². The normalized spacial score (nSPS) is 11.1. The summed E-state index contributed by atoms with van der Waals surface area (Å²) in [5, 5.41) is 33.8. The Labute approximate surface area is 119 Å². The number of fused-ring (bicyclic) bond motifs is 1. The first-order valence-corrected chi connectivity index (χ1v) is 6.25. The molecule has 1 heterocycles. The van der Waals surface area contributed by atoms with Gasteiger partial charge in [-0.3, -0.25) is 0 Å². The van der Waals surface area contributed by atoms with Crippen molar-refractivity contribution >= 4 is 22.5 Å². The molecule has 3 rings (SSSR count). The monoisotopic (exact) mass is 290 g/mol. The number of aromatic nitrogens is 2. The fourth-order valence-electron chi connectivity index (χ4n) is 2.16. The van der Waals surface area contributed by atoms with Crippen molar-refractivity contribution < 1.29 is 15.3 Å². The van der Waals surface area contributed by atoms with Crippen molar-refractivity contribution in [1.29, 1.82) is 0 Å². The van der Waals surface area contributed by atoms with Crippen LogP contribution in [0.2, 0.25) is 5.15 Å². The fraction of sp³-hybridized carbons (Fsp3) is 0.0714. The van der Waals surface area contributed by atoms with E-state index in [1.165, 1.54) is 22.9 Å². The Morgan fingerprint density at radius 3 is 2.50 bits per heavy atom. The first kappa shape index (κ1) is 12.6. The Kier molecular flexibility index (Phi) is 2.72. The summed E-state index contributed by atoms with van der Waals surface area (Å²) in [6.45, 7) is 1.81. The van der Waals surface area contributed by atoms with Crippen LogP contribution in [0.3, 0.4) is 0 Å². The lowest BCUT2D eigenvalue weighted by Crippen LogP contribution is -1.98. The molecule has 20 heavy (non-hydrogen) atoms. The van der Waals surface area contributed by atoms with Gasteiger partial charge >= 0.3 is 0 Å². The van der Waals surface area contributed by atoms with Crippen LogP contribution in [-0.2, 0) is 0 Å². The lowest BCUT2D eigenvalue weighted by Gasteiger charge is -2.07. The molecule has 0 aliphatic carbocycles. The van der Waals surface area contributed by atoms with E-state index >= 15 is 0 Å². The third-order valence-electron chi connectivity index (χ3n) is 3.09. The van der Waals surface area contributed by atoms with E-state index in [0.29, 0.717) is 16.6 Å². The Morgan fingerprint density at radius 1 is 1.05 bits per heavy atom. The SMILES string of the molecule is Cc1cc(O)ccc1-n1nc2c(O)cc(O)cc2c1Cl. The second-order valence-electron chi connectivity index (χ2n) is 4.53. The highest BCUT2D eigenvalue weighted by molar-refractivity contribution is 6.35. The van der Waals surface area contributed by atoms with E-state index < -0.39 is 0 Å². The Balaban J connectivity index is 2.32. The molecule has 1 aromatic heterocycles. The van der Waals surface area contributed by atoms with Gasteiger partial charge in [-0.05, 0) is 36.8 Å². The molecule has 3 N–H and O–H groups in total. The molecule has 0 atom stereocenters. The first-order valence-electron chi connectivity index (χ1n) is 5.87. The smallest absolute Gasteiger partial charge is 0.147 e. The molecule has 0 spiro atoms. The summed E-state index contributed by atoms with van der Waals surface area (Å²) in [4.78, 5) is 0. The quantitative estimate of drug-likeness (QED) is 0.643. The molecule has 0 saturated heterocycles. The highest BCUT2D eigenvalue weighted by Crippen LogP contribution is 2.35. The van der Waals surface area contributed by atoms with Gasteiger partial charge in [-0.25, -0.2) is 4.68 Å². The number of benzene rings is 2. The predicted molar refractivity (Wildman–Crippen MR) is 75.8 cm³/mol. The van der Waals surface area contributed by atoms with Crippen LogP contribution in [0.15, 0.2) is 30.3 Å². The number of hydrogen-bond acceptors (Lipinski definition) is 4. The number of halogens is 1. The number of aromatic hydroxyl groups is 3. The van der Waals surface area contributed by atoms with Gasteiger partial charge in [0.15, 0.2) is 0 Å². The van der Waals surface area contributed by atoms with E-state index in [4.69, 9.17) is 11.6 Å². The molecule has 0 unspecified atom stereocenters. The van der Waals surface area contributed by atoms with Crippen LogP contribution < -0.4 is 0 Å². The van der Waals surface area contributed by atoms with E-state index in [1.807, 2.05) is 6.92 Å². The van der Waals surface area contributed by atoms with Crippen molar-refractivity contribution in [3.8, 4) is 22.9 Å². The van der Waals surface area contributed by atoms with Gasteiger partial charge in [0.05, 0.1) is 5.69 Å². The molecular formula is C14H11ClN2O3. The number of phenols is 3. The maximum atomic E-state index is 9.82. The van der Waals surface area contributed by atoms with Crippen molar-refractivity contribution in [2.24, 2.45) is 0 Å². The average Bonchev–Trinajstić information content (AvgIpc) is 2.68. The zero-order valence-electron chi connectivity index (χ0n) is 10.5. The minimum atomic E-state index is -0.142. The topological polar surface area (TPSA) is 78.5 Å². The van der Waals surface area contributed by atoms with E-state index in [-0.39, 0.29) is 22.4 Å². The van der Waals surface area contributed by atoms with Crippen molar-refractivity contribution in [2.75, 3.05) is 0 Å². The molecule has 2 aromatic carbocycles. The number of hydrogen-bond donors (Lipinski definition) is 3. The summed E-state index contributed by atoms with van der Waals surface area (Å²) in [5.74, 6) is -0.0736. The molecule has 0 radical (unpaired) electrons. The van der Waals surface area contributed by atoms with Crippen LogP contribution in [0.25, 0.3) is 16.6 Å². The molecule has 0 aliphatic heterocycles.